The van der Waals surface area contributed by atoms with Gasteiger partial charge in [-0.15, -0.1) is 24.0 Å². The van der Waals surface area contributed by atoms with Crippen LogP contribution in [-0.4, -0.2) is 32.3 Å². The second kappa shape index (κ2) is 15.2. The molecule has 0 amide bonds. The average molecular weight is 511 g/mol. The molecule has 2 aromatic carbocycles. The Balaban J connectivity index is 0.00000420. The van der Waals surface area contributed by atoms with Crippen molar-refractivity contribution in [3.05, 3.63) is 70.8 Å². The van der Waals surface area contributed by atoms with Crippen LogP contribution in [0.3, 0.4) is 0 Å². The van der Waals surface area contributed by atoms with Crippen molar-refractivity contribution in [1.82, 2.24) is 10.6 Å². The van der Waals surface area contributed by atoms with E-state index in [1.807, 2.05) is 6.92 Å². The zero-order chi connectivity index (χ0) is 20.0. The van der Waals surface area contributed by atoms with Gasteiger partial charge in [0.15, 0.2) is 5.96 Å². The van der Waals surface area contributed by atoms with Crippen LogP contribution in [-0.2, 0) is 29.2 Å². The first-order chi connectivity index (χ1) is 13.7. The van der Waals surface area contributed by atoms with Gasteiger partial charge in [0.2, 0.25) is 0 Å². The quantitative estimate of drug-likeness (QED) is 0.203. The van der Waals surface area contributed by atoms with Crippen LogP contribution < -0.4 is 10.6 Å². The molecule has 0 heterocycles. The van der Waals surface area contributed by atoms with Gasteiger partial charge in [-0.3, -0.25) is 0 Å². The van der Waals surface area contributed by atoms with E-state index in [0.717, 1.165) is 31.2 Å². The number of rotatable bonds is 11. The number of aliphatic imine (C=N–C) groups is 1. The van der Waals surface area contributed by atoms with Gasteiger partial charge in [0.05, 0.1) is 26.4 Å². The average Bonchev–Trinajstić information content (AvgIpc) is 2.71. The Morgan fingerprint density at radius 3 is 2.34 bits per heavy atom. The Bertz CT molecular complexity index is 720. The first-order valence-corrected chi connectivity index (χ1v) is 10.0. The first kappa shape index (κ1) is 25.4. The van der Waals surface area contributed by atoms with E-state index < -0.39 is 0 Å². The SMILES string of the molecule is CCNC(=NCc1cccc(COCCOCC)c1)NCc1ccc(C)cc1.I. The van der Waals surface area contributed by atoms with Gasteiger partial charge in [0.25, 0.3) is 0 Å². The summed E-state index contributed by atoms with van der Waals surface area (Å²) in [6.07, 6.45) is 0. The zero-order valence-corrected chi connectivity index (χ0v) is 20.1. The second-order valence-electron chi connectivity index (χ2n) is 6.60. The maximum Gasteiger partial charge on any atom is 0.191 e. The van der Waals surface area contributed by atoms with Crippen molar-refractivity contribution >= 4 is 29.9 Å². The maximum atomic E-state index is 5.65. The van der Waals surface area contributed by atoms with Gasteiger partial charge in [0.1, 0.15) is 0 Å². The van der Waals surface area contributed by atoms with Gasteiger partial charge in [-0.25, -0.2) is 4.99 Å². The predicted molar refractivity (Wildman–Crippen MR) is 131 cm³/mol. The normalized spacial score (nSPS) is 11.1. The smallest absolute Gasteiger partial charge is 0.191 e. The molecule has 0 aliphatic carbocycles. The van der Waals surface area contributed by atoms with Crippen LogP contribution >= 0.6 is 24.0 Å². The predicted octanol–water partition coefficient (Wildman–Crippen LogP) is 4.42. The van der Waals surface area contributed by atoms with E-state index in [0.29, 0.717) is 26.4 Å². The number of ether oxygens (including phenoxy) is 2. The number of benzene rings is 2. The molecule has 0 bridgehead atoms. The molecular formula is C23H34IN3O2. The molecular weight excluding hydrogens is 477 g/mol. The van der Waals surface area contributed by atoms with Crippen LogP contribution in [0.1, 0.15) is 36.1 Å². The van der Waals surface area contributed by atoms with Gasteiger partial charge < -0.3 is 20.1 Å². The van der Waals surface area contributed by atoms with Crippen LogP contribution in [0.15, 0.2) is 53.5 Å². The summed E-state index contributed by atoms with van der Waals surface area (Å²) in [4.78, 5) is 4.71. The van der Waals surface area contributed by atoms with Crippen molar-refractivity contribution in [3.8, 4) is 0 Å². The van der Waals surface area contributed by atoms with Gasteiger partial charge in [-0.1, -0.05) is 54.1 Å². The summed E-state index contributed by atoms with van der Waals surface area (Å²) in [5.41, 5.74) is 4.83. The van der Waals surface area contributed by atoms with Gasteiger partial charge >= 0.3 is 0 Å². The van der Waals surface area contributed by atoms with E-state index in [1.165, 1.54) is 16.7 Å². The highest BCUT2D eigenvalue weighted by Crippen LogP contribution is 2.08. The maximum absolute atomic E-state index is 5.65. The van der Waals surface area contributed by atoms with E-state index in [4.69, 9.17) is 14.5 Å². The molecule has 0 unspecified atom stereocenters. The third-order valence-corrected chi connectivity index (χ3v) is 4.18. The standard InChI is InChI=1S/C23H33N3O2.HI/c1-4-24-23(25-16-20-11-9-19(3)10-12-20)26-17-21-7-6-8-22(15-21)18-28-14-13-27-5-2;/h6-12,15H,4-5,13-14,16-18H2,1-3H3,(H2,24,25,26);1H. The van der Waals surface area contributed by atoms with E-state index >= 15 is 0 Å². The van der Waals surface area contributed by atoms with E-state index in [-0.39, 0.29) is 24.0 Å². The minimum absolute atomic E-state index is 0. The highest BCUT2D eigenvalue weighted by molar-refractivity contribution is 14.0. The molecule has 0 aliphatic heterocycles. The monoisotopic (exact) mass is 511 g/mol. The molecule has 5 nitrogen and oxygen atoms in total. The molecule has 0 aromatic heterocycles. The van der Waals surface area contributed by atoms with Crippen LogP contribution in [0, 0.1) is 6.92 Å². The van der Waals surface area contributed by atoms with Crippen molar-refractivity contribution in [2.45, 2.75) is 40.5 Å². The lowest BCUT2D eigenvalue weighted by Gasteiger charge is -2.12. The summed E-state index contributed by atoms with van der Waals surface area (Å²) in [5, 5.41) is 6.70. The molecule has 29 heavy (non-hydrogen) atoms. The second-order valence-corrected chi connectivity index (χ2v) is 6.60. The fraction of sp³-hybridized carbons (Fsp3) is 0.435. The summed E-state index contributed by atoms with van der Waals surface area (Å²) in [5.74, 6) is 0.821. The Morgan fingerprint density at radius 2 is 1.62 bits per heavy atom. The summed E-state index contributed by atoms with van der Waals surface area (Å²) < 4.78 is 10.9. The molecule has 0 fully saturated rings. The lowest BCUT2D eigenvalue weighted by Crippen LogP contribution is -2.36. The number of halogens is 1. The van der Waals surface area contributed by atoms with Crippen molar-refractivity contribution in [2.75, 3.05) is 26.4 Å². The van der Waals surface area contributed by atoms with Crippen molar-refractivity contribution in [1.29, 1.82) is 0 Å². The molecule has 0 radical (unpaired) electrons. The lowest BCUT2D eigenvalue weighted by atomic mass is 10.1. The Morgan fingerprint density at radius 1 is 0.897 bits per heavy atom. The molecule has 0 saturated carbocycles. The topological polar surface area (TPSA) is 54.9 Å². The molecule has 0 spiro atoms. The fourth-order valence-corrected chi connectivity index (χ4v) is 2.67. The van der Waals surface area contributed by atoms with Gasteiger partial charge in [-0.2, -0.15) is 0 Å². The molecule has 2 aromatic rings. The molecule has 160 valence electrons. The number of guanidine groups is 1. The number of nitrogens with one attached hydrogen (secondary N) is 2. The number of aryl methyl sites for hydroxylation is 1. The Kier molecular flexibility index (Phi) is 13.3. The van der Waals surface area contributed by atoms with E-state index in [2.05, 4.69) is 73.0 Å². The summed E-state index contributed by atoms with van der Waals surface area (Å²) in [7, 11) is 0. The van der Waals surface area contributed by atoms with Crippen LogP contribution in [0.2, 0.25) is 0 Å². The third-order valence-electron chi connectivity index (χ3n) is 4.18. The van der Waals surface area contributed by atoms with Crippen LogP contribution in [0.25, 0.3) is 0 Å². The van der Waals surface area contributed by atoms with E-state index in [1.54, 1.807) is 0 Å². The molecule has 0 aliphatic rings. The lowest BCUT2D eigenvalue weighted by molar-refractivity contribution is 0.0453. The molecule has 6 heteroatoms. The van der Waals surface area contributed by atoms with Crippen molar-refractivity contribution in [3.63, 3.8) is 0 Å². The van der Waals surface area contributed by atoms with Gasteiger partial charge in [0, 0.05) is 19.7 Å². The highest BCUT2D eigenvalue weighted by atomic mass is 127. The number of hydrogen-bond donors (Lipinski definition) is 2. The molecule has 2 N–H and O–H groups in total. The summed E-state index contributed by atoms with van der Waals surface area (Å²) in [6, 6.07) is 16.9. The first-order valence-electron chi connectivity index (χ1n) is 10.0. The van der Waals surface area contributed by atoms with Crippen LogP contribution in [0.5, 0.6) is 0 Å². The zero-order valence-electron chi connectivity index (χ0n) is 17.7. The summed E-state index contributed by atoms with van der Waals surface area (Å²) >= 11 is 0. The van der Waals surface area contributed by atoms with E-state index in [9.17, 15) is 0 Å². The molecule has 0 atom stereocenters. The fourth-order valence-electron chi connectivity index (χ4n) is 2.67. The number of nitrogens with zero attached hydrogens (tertiary/aromatic N) is 1. The third kappa shape index (κ3) is 10.6. The Labute approximate surface area is 192 Å². The largest absolute Gasteiger partial charge is 0.379 e. The van der Waals surface area contributed by atoms with Gasteiger partial charge in [-0.05, 0) is 37.5 Å². The number of hydrogen-bond acceptors (Lipinski definition) is 3. The molecule has 2 rings (SSSR count). The minimum Gasteiger partial charge on any atom is -0.379 e. The minimum atomic E-state index is 0. The van der Waals surface area contributed by atoms with Crippen LogP contribution in [0.4, 0.5) is 0 Å². The van der Waals surface area contributed by atoms with Crippen molar-refractivity contribution < 1.29 is 9.47 Å². The van der Waals surface area contributed by atoms with Crippen molar-refractivity contribution in [2.24, 2.45) is 4.99 Å². The Hall–Kier alpha value is -1.64. The highest BCUT2D eigenvalue weighted by Gasteiger charge is 2.00. The molecule has 0 saturated heterocycles. The summed E-state index contributed by atoms with van der Waals surface area (Å²) in [6.45, 7) is 10.9.